The molecule has 0 aromatic rings. The molecule has 4 aliphatic carbocycles. The van der Waals surface area contributed by atoms with Gasteiger partial charge in [-0.3, -0.25) is 0 Å². The van der Waals surface area contributed by atoms with E-state index in [4.69, 9.17) is 4.74 Å². The van der Waals surface area contributed by atoms with Crippen molar-refractivity contribution in [3.63, 3.8) is 0 Å². The maximum Gasteiger partial charge on any atom is 0.268 e. The highest BCUT2D eigenvalue weighted by atomic mass is 19.3. The first-order valence-corrected chi connectivity index (χ1v) is 8.93. The molecule has 1 N–H and O–H groups in total. The van der Waals surface area contributed by atoms with Crippen LogP contribution in [-0.4, -0.2) is 29.8 Å². The van der Waals surface area contributed by atoms with Crippen LogP contribution in [0.2, 0.25) is 0 Å². The van der Waals surface area contributed by atoms with Crippen molar-refractivity contribution in [1.82, 2.24) is 0 Å². The molecule has 4 fully saturated rings. The summed E-state index contributed by atoms with van der Waals surface area (Å²) in [5.41, 5.74) is -0.606. The number of halogens is 2. The van der Waals surface area contributed by atoms with Crippen LogP contribution in [0.15, 0.2) is 0 Å². The highest BCUT2D eigenvalue weighted by Gasteiger charge is 2.61. The Bertz CT molecular complexity index is 408. The van der Waals surface area contributed by atoms with E-state index in [-0.39, 0.29) is 17.8 Å². The van der Waals surface area contributed by atoms with Gasteiger partial charge in [-0.05, 0) is 61.2 Å². The summed E-state index contributed by atoms with van der Waals surface area (Å²) in [4.78, 5) is 0. The van der Waals surface area contributed by atoms with Gasteiger partial charge in [-0.15, -0.1) is 0 Å². The van der Waals surface area contributed by atoms with Crippen molar-refractivity contribution in [3.05, 3.63) is 0 Å². The van der Waals surface area contributed by atoms with E-state index in [1.165, 1.54) is 6.42 Å². The zero-order chi connectivity index (χ0) is 16.1. The van der Waals surface area contributed by atoms with Gasteiger partial charge in [-0.25, -0.2) is 8.78 Å². The van der Waals surface area contributed by atoms with Crippen LogP contribution < -0.4 is 0 Å². The maximum absolute atomic E-state index is 13.0. The number of hydrogen-bond donors (Lipinski definition) is 1. The molecule has 4 saturated carbocycles. The summed E-state index contributed by atoms with van der Waals surface area (Å²) in [6.45, 7) is 5.07. The van der Waals surface area contributed by atoms with Crippen LogP contribution in [-0.2, 0) is 4.74 Å². The van der Waals surface area contributed by atoms with Crippen LogP contribution >= 0.6 is 0 Å². The zero-order valence-electron chi connectivity index (χ0n) is 14.0. The smallest absolute Gasteiger partial charge is 0.268 e. The molecule has 0 aromatic carbocycles. The number of ether oxygens (including phenoxy) is 1. The van der Waals surface area contributed by atoms with Crippen molar-refractivity contribution in [2.24, 2.45) is 35.5 Å². The van der Waals surface area contributed by atoms with Crippen molar-refractivity contribution < 1.29 is 18.6 Å². The lowest BCUT2D eigenvalue weighted by molar-refractivity contribution is -0.234. The lowest BCUT2D eigenvalue weighted by Gasteiger charge is -2.64. The minimum atomic E-state index is -2.76. The van der Waals surface area contributed by atoms with E-state index in [0.717, 1.165) is 38.5 Å². The molecule has 0 amide bonds. The van der Waals surface area contributed by atoms with Crippen molar-refractivity contribution in [1.29, 1.82) is 0 Å². The molecule has 0 spiro atoms. The minimum Gasteiger partial charge on any atom is -0.389 e. The van der Waals surface area contributed by atoms with Gasteiger partial charge >= 0.3 is 0 Å². The number of alkyl halides is 2. The van der Waals surface area contributed by atoms with Crippen molar-refractivity contribution >= 4 is 0 Å². The molecule has 4 rings (SSSR count). The first-order chi connectivity index (χ1) is 10.3. The molecular formula is C18H30F2O2. The second-order valence-electron chi connectivity index (χ2n) is 8.32. The van der Waals surface area contributed by atoms with Gasteiger partial charge in [0.05, 0.1) is 12.2 Å². The molecule has 128 valence electrons. The van der Waals surface area contributed by atoms with Crippen molar-refractivity contribution in [2.45, 2.75) is 64.4 Å². The molecule has 22 heavy (non-hydrogen) atoms. The Balaban J connectivity index is 1.74. The fourth-order valence-electron chi connectivity index (χ4n) is 5.82. The first-order valence-electron chi connectivity index (χ1n) is 8.93. The third kappa shape index (κ3) is 2.71. The van der Waals surface area contributed by atoms with Crippen molar-refractivity contribution in [3.8, 4) is 0 Å². The maximum atomic E-state index is 13.0. The molecule has 7 unspecified atom stereocenters. The Kier molecular flexibility index (Phi) is 4.31. The van der Waals surface area contributed by atoms with Gasteiger partial charge in [0.25, 0.3) is 5.92 Å². The standard InChI is InChI=1S/C18H30F2O2/c1-4-11(2)18(21)14-6-12-5-13(8-14)15(16(18)7-12)9-22-10-17(3,19)20/h11-16,21H,4-10H2,1-3H3. The van der Waals surface area contributed by atoms with Crippen LogP contribution in [0.1, 0.15) is 52.9 Å². The molecule has 0 aliphatic heterocycles. The van der Waals surface area contributed by atoms with E-state index in [2.05, 4.69) is 13.8 Å². The van der Waals surface area contributed by atoms with E-state index in [1.807, 2.05) is 0 Å². The normalized spacial score (nSPS) is 45.3. The molecule has 4 heteroatoms. The largest absolute Gasteiger partial charge is 0.389 e. The Hall–Kier alpha value is -0.220. The molecule has 7 atom stereocenters. The Labute approximate surface area is 132 Å². The van der Waals surface area contributed by atoms with E-state index in [0.29, 0.717) is 18.4 Å². The summed E-state index contributed by atoms with van der Waals surface area (Å²) in [6, 6.07) is 0. The SMILES string of the molecule is CCC(C)C1(O)C2CC3CC(C2)C(COCC(C)(F)F)C1C3. The molecular weight excluding hydrogens is 286 g/mol. The Morgan fingerprint density at radius 2 is 2.00 bits per heavy atom. The molecule has 4 aliphatic rings. The van der Waals surface area contributed by atoms with E-state index >= 15 is 0 Å². The molecule has 0 saturated heterocycles. The molecule has 0 radical (unpaired) electrons. The van der Waals surface area contributed by atoms with Gasteiger partial charge in [0.1, 0.15) is 6.61 Å². The Morgan fingerprint density at radius 3 is 2.64 bits per heavy atom. The second-order valence-corrected chi connectivity index (χ2v) is 8.32. The fraction of sp³-hybridized carbons (Fsp3) is 1.00. The van der Waals surface area contributed by atoms with E-state index in [1.54, 1.807) is 0 Å². The van der Waals surface area contributed by atoms with E-state index < -0.39 is 18.1 Å². The van der Waals surface area contributed by atoms with Crippen LogP contribution in [0.3, 0.4) is 0 Å². The monoisotopic (exact) mass is 316 g/mol. The summed E-state index contributed by atoms with van der Waals surface area (Å²) < 4.78 is 31.4. The van der Waals surface area contributed by atoms with Crippen LogP contribution in [0.25, 0.3) is 0 Å². The highest BCUT2D eigenvalue weighted by Crippen LogP contribution is 2.62. The van der Waals surface area contributed by atoms with Crippen LogP contribution in [0.4, 0.5) is 8.78 Å². The van der Waals surface area contributed by atoms with E-state index in [9.17, 15) is 13.9 Å². The molecule has 0 aromatic heterocycles. The molecule has 0 heterocycles. The summed E-state index contributed by atoms with van der Waals surface area (Å²) in [5.74, 6) is -0.275. The highest BCUT2D eigenvalue weighted by molar-refractivity contribution is 5.11. The number of aliphatic hydroxyl groups is 1. The number of hydrogen-bond acceptors (Lipinski definition) is 2. The average Bonchev–Trinajstić information content (AvgIpc) is 2.44. The summed E-state index contributed by atoms with van der Waals surface area (Å²) in [7, 11) is 0. The fourth-order valence-corrected chi connectivity index (χ4v) is 5.82. The van der Waals surface area contributed by atoms with Crippen LogP contribution in [0, 0.1) is 35.5 Å². The molecule has 2 nitrogen and oxygen atoms in total. The average molecular weight is 316 g/mol. The van der Waals surface area contributed by atoms with Gasteiger partial charge in [0, 0.05) is 6.92 Å². The van der Waals surface area contributed by atoms with Crippen LogP contribution in [0.5, 0.6) is 0 Å². The summed E-state index contributed by atoms with van der Waals surface area (Å²) in [6.07, 6.45) is 5.46. The minimum absolute atomic E-state index is 0.240. The lowest BCUT2D eigenvalue weighted by Crippen LogP contribution is -2.64. The van der Waals surface area contributed by atoms with Gasteiger partial charge < -0.3 is 9.84 Å². The van der Waals surface area contributed by atoms with Gasteiger partial charge in [0.15, 0.2) is 0 Å². The summed E-state index contributed by atoms with van der Waals surface area (Å²) in [5, 5.41) is 11.5. The predicted molar refractivity (Wildman–Crippen MR) is 81.8 cm³/mol. The quantitative estimate of drug-likeness (QED) is 0.799. The van der Waals surface area contributed by atoms with Gasteiger partial charge in [0.2, 0.25) is 0 Å². The topological polar surface area (TPSA) is 29.5 Å². The zero-order valence-corrected chi connectivity index (χ0v) is 14.0. The lowest BCUT2D eigenvalue weighted by atomic mass is 9.44. The third-order valence-corrected chi connectivity index (χ3v) is 6.87. The van der Waals surface area contributed by atoms with Gasteiger partial charge in [-0.2, -0.15) is 0 Å². The third-order valence-electron chi connectivity index (χ3n) is 6.87. The van der Waals surface area contributed by atoms with Gasteiger partial charge in [-0.1, -0.05) is 20.3 Å². The summed E-state index contributed by atoms with van der Waals surface area (Å²) >= 11 is 0. The number of rotatable bonds is 6. The predicted octanol–water partition coefficient (Wildman–Crippen LogP) is 4.12. The second kappa shape index (κ2) is 5.70. The molecule has 4 bridgehead atoms. The Morgan fingerprint density at radius 1 is 1.27 bits per heavy atom. The first kappa shape index (κ1) is 16.6. The van der Waals surface area contributed by atoms with Crippen molar-refractivity contribution in [2.75, 3.05) is 13.2 Å².